The zero-order valence-corrected chi connectivity index (χ0v) is 18.0. The van der Waals surface area contributed by atoms with Crippen LogP contribution in [-0.2, 0) is 9.59 Å². The first-order chi connectivity index (χ1) is 13.8. The van der Waals surface area contributed by atoms with E-state index in [9.17, 15) is 14.4 Å². The summed E-state index contributed by atoms with van der Waals surface area (Å²) in [6.45, 7) is 6.25. The van der Waals surface area contributed by atoms with Crippen LogP contribution in [0.25, 0.3) is 10.6 Å². The van der Waals surface area contributed by atoms with Crippen molar-refractivity contribution >= 4 is 29.1 Å². The van der Waals surface area contributed by atoms with Crippen molar-refractivity contribution in [1.29, 1.82) is 0 Å². The molecule has 0 bridgehead atoms. The molecule has 8 heteroatoms. The minimum absolute atomic E-state index is 0.136. The predicted octanol–water partition coefficient (Wildman–Crippen LogP) is 2.20. The van der Waals surface area contributed by atoms with E-state index in [1.807, 2.05) is 26.0 Å². The van der Waals surface area contributed by atoms with Crippen LogP contribution >= 0.6 is 11.3 Å². The van der Waals surface area contributed by atoms with E-state index >= 15 is 0 Å². The van der Waals surface area contributed by atoms with Crippen LogP contribution in [0.4, 0.5) is 0 Å². The van der Waals surface area contributed by atoms with Gasteiger partial charge < -0.3 is 15.5 Å². The minimum Gasteiger partial charge on any atom is -0.357 e. The lowest BCUT2D eigenvalue weighted by atomic mass is 10.1. The van der Waals surface area contributed by atoms with Crippen molar-refractivity contribution in [2.24, 2.45) is 0 Å². The van der Waals surface area contributed by atoms with Crippen LogP contribution < -0.4 is 10.6 Å². The summed E-state index contributed by atoms with van der Waals surface area (Å²) in [7, 11) is 1.56. The first-order valence-corrected chi connectivity index (χ1v) is 10.5. The molecule has 1 aliphatic heterocycles. The average Bonchev–Trinajstić information content (AvgIpc) is 3.32. The largest absolute Gasteiger partial charge is 0.357 e. The SMILES string of the molecule is CNC(=O)C1CCCN1C(=O)CNC(=O)c1sc(-c2ccc(C)cc2C)nc1C. The number of likely N-dealkylation sites (N-methyl/N-ethyl adjacent to an activating group) is 1. The second-order valence-corrected chi connectivity index (χ2v) is 8.29. The number of carbonyl (C=O) groups excluding carboxylic acids is 3. The number of hydrogen-bond acceptors (Lipinski definition) is 5. The predicted molar refractivity (Wildman–Crippen MR) is 113 cm³/mol. The number of nitrogens with one attached hydrogen (secondary N) is 2. The number of thiazole rings is 1. The van der Waals surface area contributed by atoms with Crippen molar-refractivity contribution < 1.29 is 14.4 Å². The van der Waals surface area contributed by atoms with Crippen molar-refractivity contribution in [3.63, 3.8) is 0 Å². The average molecular weight is 415 g/mol. The van der Waals surface area contributed by atoms with Crippen LogP contribution in [0.5, 0.6) is 0 Å². The number of nitrogens with zero attached hydrogens (tertiary/aromatic N) is 2. The molecule has 2 N–H and O–H groups in total. The number of amides is 3. The molecule has 1 aromatic carbocycles. The third kappa shape index (κ3) is 4.48. The highest BCUT2D eigenvalue weighted by atomic mass is 32.1. The van der Waals surface area contributed by atoms with Crippen molar-refractivity contribution in [3.05, 3.63) is 39.9 Å². The molecule has 2 heterocycles. The molecule has 0 radical (unpaired) electrons. The van der Waals surface area contributed by atoms with E-state index in [1.54, 1.807) is 18.9 Å². The molecule has 7 nitrogen and oxygen atoms in total. The van der Waals surface area contributed by atoms with Gasteiger partial charge in [0.15, 0.2) is 0 Å². The molecule has 1 unspecified atom stereocenters. The monoisotopic (exact) mass is 414 g/mol. The van der Waals surface area contributed by atoms with Crippen molar-refractivity contribution in [3.8, 4) is 10.6 Å². The zero-order valence-electron chi connectivity index (χ0n) is 17.2. The summed E-state index contributed by atoms with van der Waals surface area (Å²) in [5.74, 6) is -0.736. The molecule has 154 valence electrons. The molecule has 29 heavy (non-hydrogen) atoms. The van der Waals surface area contributed by atoms with Gasteiger partial charge in [-0.15, -0.1) is 11.3 Å². The zero-order chi connectivity index (χ0) is 21.1. The van der Waals surface area contributed by atoms with Gasteiger partial charge in [0.2, 0.25) is 11.8 Å². The van der Waals surface area contributed by atoms with E-state index in [2.05, 4.69) is 21.7 Å². The minimum atomic E-state index is -0.453. The first kappa shape index (κ1) is 21.0. The van der Waals surface area contributed by atoms with Crippen LogP contribution in [0.3, 0.4) is 0 Å². The van der Waals surface area contributed by atoms with E-state index in [4.69, 9.17) is 0 Å². The highest BCUT2D eigenvalue weighted by Crippen LogP contribution is 2.30. The summed E-state index contributed by atoms with van der Waals surface area (Å²) >= 11 is 1.32. The molecule has 2 aromatic rings. The third-order valence-electron chi connectivity index (χ3n) is 5.14. The van der Waals surface area contributed by atoms with E-state index < -0.39 is 6.04 Å². The van der Waals surface area contributed by atoms with Gasteiger partial charge in [-0.25, -0.2) is 4.98 Å². The Balaban J connectivity index is 1.68. The number of rotatable bonds is 5. The summed E-state index contributed by atoms with van der Waals surface area (Å²) in [4.78, 5) is 43.7. The van der Waals surface area contributed by atoms with Gasteiger partial charge in [0.1, 0.15) is 15.9 Å². The van der Waals surface area contributed by atoms with Crippen LogP contribution in [-0.4, -0.2) is 53.8 Å². The fourth-order valence-corrected chi connectivity index (χ4v) is 4.69. The molecule has 1 aromatic heterocycles. The van der Waals surface area contributed by atoms with E-state index in [1.165, 1.54) is 16.9 Å². The van der Waals surface area contributed by atoms with Gasteiger partial charge in [0.25, 0.3) is 5.91 Å². The standard InChI is InChI=1S/C21H26N4O3S/c1-12-7-8-15(13(2)10-12)21-24-14(3)18(29-21)20(28)23-11-17(26)25-9-5-6-16(25)19(27)22-4/h7-8,10,16H,5-6,9,11H2,1-4H3,(H,22,27)(H,23,28). The van der Waals surface area contributed by atoms with Gasteiger partial charge in [-0.1, -0.05) is 23.8 Å². The Hall–Kier alpha value is -2.74. The summed E-state index contributed by atoms with van der Waals surface area (Å²) in [5, 5.41) is 6.07. The lowest BCUT2D eigenvalue weighted by Crippen LogP contribution is -2.48. The summed E-state index contributed by atoms with van der Waals surface area (Å²) < 4.78 is 0. The number of likely N-dealkylation sites (tertiary alicyclic amines) is 1. The van der Waals surface area contributed by atoms with Gasteiger partial charge in [-0.05, 0) is 39.2 Å². The normalized spacial score (nSPS) is 16.0. The number of carbonyl (C=O) groups is 3. The number of benzene rings is 1. The molecule has 1 saturated heterocycles. The summed E-state index contributed by atoms with van der Waals surface area (Å²) in [6.07, 6.45) is 1.43. The maximum atomic E-state index is 12.6. The Morgan fingerprint density at radius 1 is 1.24 bits per heavy atom. The number of hydrogen-bond donors (Lipinski definition) is 2. The van der Waals surface area contributed by atoms with Gasteiger partial charge in [-0.3, -0.25) is 14.4 Å². The third-order valence-corrected chi connectivity index (χ3v) is 6.33. The molecular weight excluding hydrogens is 388 g/mol. The van der Waals surface area contributed by atoms with Crippen molar-refractivity contribution in [2.75, 3.05) is 20.1 Å². The Kier molecular flexibility index (Phi) is 6.32. The van der Waals surface area contributed by atoms with Crippen LogP contribution in [0, 0.1) is 20.8 Å². The quantitative estimate of drug-likeness (QED) is 0.785. The molecule has 0 saturated carbocycles. The molecule has 3 amide bonds. The molecule has 1 atom stereocenters. The molecule has 0 aliphatic carbocycles. The Morgan fingerprint density at radius 3 is 2.69 bits per heavy atom. The Morgan fingerprint density at radius 2 is 2.00 bits per heavy atom. The fraction of sp³-hybridized carbons (Fsp3) is 0.429. The molecule has 0 spiro atoms. The topological polar surface area (TPSA) is 91.4 Å². The van der Waals surface area contributed by atoms with Gasteiger partial charge in [0, 0.05) is 19.2 Å². The lowest BCUT2D eigenvalue weighted by Gasteiger charge is -2.23. The Bertz CT molecular complexity index is 953. The molecule has 3 rings (SSSR count). The number of aryl methyl sites for hydroxylation is 3. The highest BCUT2D eigenvalue weighted by Gasteiger charge is 2.33. The molecule has 1 aliphatic rings. The van der Waals surface area contributed by atoms with Gasteiger partial charge >= 0.3 is 0 Å². The lowest BCUT2D eigenvalue weighted by molar-refractivity contribution is -0.137. The maximum Gasteiger partial charge on any atom is 0.263 e. The van der Waals surface area contributed by atoms with E-state index in [0.29, 0.717) is 23.5 Å². The van der Waals surface area contributed by atoms with Crippen molar-refractivity contribution in [2.45, 2.75) is 39.7 Å². The molecule has 1 fully saturated rings. The van der Waals surface area contributed by atoms with E-state index in [0.717, 1.165) is 22.6 Å². The highest BCUT2D eigenvalue weighted by molar-refractivity contribution is 7.17. The van der Waals surface area contributed by atoms with Crippen LogP contribution in [0.2, 0.25) is 0 Å². The number of aromatic nitrogens is 1. The maximum absolute atomic E-state index is 12.6. The molecular formula is C21H26N4O3S. The van der Waals surface area contributed by atoms with Crippen LogP contribution in [0.15, 0.2) is 18.2 Å². The smallest absolute Gasteiger partial charge is 0.263 e. The van der Waals surface area contributed by atoms with E-state index in [-0.39, 0.29) is 24.3 Å². The fourth-order valence-electron chi connectivity index (χ4n) is 3.62. The Labute approximate surface area is 174 Å². The van der Waals surface area contributed by atoms with Crippen molar-refractivity contribution in [1.82, 2.24) is 20.5 Å². The van der Waals surface area contributed by atoms with Gasteiger partial charge in [0.05, 0.1) is 12.2 Å². The second kappa shape index (κ2) is 8.73. The first-order valence-electron chi connectivity index (χ1n) is 9.66. The second-order valence-electron chi connectivity index (χ2n) is 7.29. The summed E-state index contributed by atoms with van der Waals surface area (Å²) in [6, 6.07) is 5.67. The van der Waals surface area contributed by atoms with Crippen LogP contribution in [0.1, 0.15) is 39.3 Å². The summed E-state index contributed by atoms with van der Waals surface area (Å²) in [5.41, 5.74) is 3.92. The van der Waals surface area contributed by atoms with Gasteiger partial charge in [-0.2, -0.15) is 0 Å².